The van der Waals surface area contributed by atoms with Crippen molar-refractivity contribution in [3.8, 4) is 5.75 Å². The first-order valence-electron chi connectivity index (χ1n) is 4.25. The van der Waals surface area contributed by atoms with Crippen LogP contribution in [0.1, 0.15) is 12.5 Å². The van der Waals surface area contributed by atoms with Crippen molar-refractivity contribution in [2.75, 3.05) is 5.32 Å². The van der Waals surface area contributed by atoms with Gasteiger partial charge in [0, 0.05) is 0 Å². The van der Waals surface area contributed by atoms with Crippen molar-refractivity contribution in [1.29, 1.82) is 0 Å². The van der Waals surface area contributed by atoms with Crippen LogP contribution in [0.25, 0.3) is 0 Å². The topological polar surface area (TPSA) is 21.3 Å². The highest BCUT2D eigenvalue weighted by atomic mass is 32.1. The smallest absolute Gasteiger partial charge is 0.146 e. The zero-order chi connectivity index (χ0) is 9.42. The number of nitrogens with one attached hydrogen (secondary N) is 1. The summed E-state index contributed by atoms with van der Waals surface area (Å²) in [6.45, 7) is 3.99. The van der Waals surface area contributed by atoms with Crippen molar-refractivity contribution in [2.24, 2.45) is 0 Å². The van der Waals surface area contributed by atoms with Gasteiger partial charge in [-0.15, -0.1) is 0 Å². The molecule has 1 unspecified atom stereocenters. The second kappa shape index (κ2) is 3.00. The van der Waals surface area contributed by atoms with Crippen LogP contribution in [0.4, 0.5) is 5.69 Å². The molecule has 0 aromatic heterocycles. The summed E-state index contributed by atoms with van der Waals surface area (Å²) < 4.78 is 5.62. The van der Waals surface area contributed by atoms with Crippen molar-refractivity contribution in [3.05, 3.63) is 23.8 Å². The van der Waals surface area contributed by atoms with Crippen LogP contribution in [-0.2, 0) is 0 Å². The Morgan fingerprint density at radius 3 is 3.00 bits per heavy atom. The molecular formula is C10H11NOS. The lowest BCUT2D eigenvalue weighted by molar-refractivity contribution is 0.285. The Morgan fingerprint density at radius 1 is 1.46 bits per heavy atom. The Balaban J connectivity index is 2.42. The van der Waals surface area contributed by atoms with Crippen molar-refractivity contribution in [3.63, 3.8) is 0 Å². The van der Waals surface area contributed by atoms with Crippen LogP contribution in [-0.4, -0.2) is 11.1 Å². The largest absolute Gasteiger partial charge is 0.481 e. The van der Waals surface area contributed by atoms with Crippen molar-refractivity contribution >= 4 is 22.9 Å². The number of rotatable bonds is 0. The lowest BCUT2D eigenvalue weighted by atomic mass is 10.2. The number of fused-ring (bicyclic) bond motifs is 1. The molecule has 3 heteroatoms. The second-order valence-corrected chi connectivity index (χ2v) is 3.69. The maximum atomic E-state index is 5.62. The Morgan fingerprint density at radius 2 is 2.23 bits per heavy atom. The van der Waals surface area contributed by atoms with Crippen LogP contribution < -0.4 is 10.1 Å². The average Bonchev–Trinajstić information content (AvgIpc) is 2.08. The molecule has 1 aliphatic rings. The Hall–Kier alpha value is -1.09. The third-order valence-electron chi connectivity index (χ3n) is 2.07. The first kappa shape index (κ1) is 8.51. The minimum absolute atomic E-state index is 0.0238. The van der Waals surface area contributed by atoms with Gasteiger partial charge in [0.15, 0.2) is 0 Å². The summed E-state index contributed by atoms with van der Waals surface area (Å²) >= 11 is 5.10. The standard InChI is InChI=1S/C10H11NOS/c1-6-3-4-8-9(5-6)12-7(2)10(13)11-8/h3-5,7H,1-2H3,(H,11,13). The van der Waals surface area contributed by atoms with E-state index in [0.717, 1.165) is 16.4 Å². The number of hydrogen-bond acceptors (Lipinski definition) is 2. The summed E-state index contributed by atoms with van der Waals surface area (Å²) in [6.07, 6.45) is -0.0238. The lowest BCUT2D eigenvalue weighted by Crippen LogP contribution is -2.32. The first-order valence-corrected chi connectivity index (χ1v) is 4.66. The molecule has 1 heterocycles. The van der Waals surface area contributed by atoms with Gasteiger partial charge in [-0.05, 0) is 31.5 Å². The molecule has 1 atom stereocenters. The summed E-state index contributed by atoms with van der Waals surface area (Å²) in [7, 11) is 0. The number of aryl methyl sites for hydroxylation is 1. The second-order valence-electron chi connectivity index (χ2n) is 3.25. The van der Waals surface area contributed by atoms with Crippen LogP contribution in [0.3, 0.4) is 0 Å². The number of anilines is 1. The molecule has 1 aromatic rings. The fraction of sp³-hybridized carbons (Fsp3) is 0.300. The highest BCUT2D eigenvalue weighted by Crippen LogP contribution is 2.30. The summed E-state index contributed by atoms with van der Waals surface area (Å²) in [5, 5.41) is 3.14. The third-order valence-corrected chi connectivity index (χ3v) is 2.50. The summed E-state index contributed by atoms with van der Waals surface area (Å²) in [5.74, 6) is 0.890. The summed E-state index contributed by atoms with van der Waals surface area (Å²) in [5.41, 5.74) is 2.16. The molecule has 0 fully saturated rings. The van der Waals surface area contributed by atoms with E-state index in [2.05, 4.69) is 5.32 Å². The minimum atomic E-state index is -0.0238. The van der Waals surface area contributed by atoms with E-state index in [0.29, 0.717) is 0 Å². The zero-order valence-electron chi connectivity index (χ0n) is 7.63. The van der Waals surface area contributed by atoms with Gasteiger partial charge in [0.25, 0.3) is 0 Å². The monoisotopic (exact) mass is 193 g/mol. The predicted molar refractivity (Wildman–Crippen MR) is 57.5 cm³/mol. The maximum Gasteiger partial charge on any atom is 0.146 e. The van der Waals surface area contributed by atoms with Gasteiger partial charge < -0.3 is 10.1 Å². The van der Waals surface area contributed by atoms with E-state index in [1.807, 2.05) is 32.0 Å². The molecule has 13 heavy (non-hydrogen) atoms. The van der Waals surface area contributed by atoms with E-state index in [1.165, 1.54) is 5.56 Å². The van der Waals surface area contributed by atoms with E-state index < -0.39 is 0 Å². The van der Waals surface area contributed by atoms with Gasteiger partial charge >= 0.3 is 0 Å². The van der Waals surface area contributed by atoms with Gasteiger partial charge in [0.05, 0.1) is 5.69 Å². The molecule has 1 aliphatic heterocycles. The van der Waals surface area contributed by atoms with Gasteiger partial charge in [-0.1, -0.05) is 18.3 Å². The van der Waals surface area contributed by atoms with Gasteiger partial charge in [-0.3, -0.25) is 0 Å². The molecular weight excluding hydrogens is 182 g/mol. The number of ether oxygens (including phenoxy) is 1. The maximum absolute atomic E-state index is 5.62. The van der Waals surface area contributed by atoms with Crippen LogP contribution in [0, 0.1) is 6.92 Å². The van der Waals surface area contributed by atoms with E-state index in [-0.39, 0.29) is 6.10 Å². The Kier molecular flexibility index (Phi) is 1.96. The molecule has 1 N–H and O–H groups in total. The molecule has 0 radical (unpaired) electrons. The highest BCUT2D eigenvalue weighted by Gasteiger charge is 2.19. The molecule has 0 aliphatic carbocycles. The highest BCUT2D eigenvalue weighted by molar-refractivity contribution is 7.80. The lowest BCUT2D eigenvalue weighted by Gasteiger charge is -2.25. The van der Waals surface area contributed by atoms with E-state index in [1.54, 1.807) is 0 Å². The van der Waals surface area contributed by atoms with Crippen LogP contribution in [0.15, 0.2) is 18.2 Å². The van der Waals surface area contributed by atoms with E-state index in [4.69, 9.17) is 17.0 Å². The Bertz CT molecular complexity index is 362. The molecule has 0 amide bonds. The van der Waals surface area contributed by atoms with Gasteiger partial charge in [-0.2, -0.15) is 0 Å². The number of thiocarbonyl (C=S) groups is 1. The SMILES string of the molecule is Cc1ccc2c(c1)OC(C)C(=S)N2. The molecule has 2 rings (SSSR count). The normalized spacial score (nSPS) is 20.2. The predicted octanol–water partition coefficient (Wildman–Crippen LogP) is 2.52. The van der Waals surface area contributed by atoms with Crippen LogP contribution >= 0.6 is 12.2 Å². The average molecular weight is 193 g/mol. The molecule has 0 spiro atoms. The van der Waals surface area contributed by atoms with E-state index in [9.17, 15) is 0 Å². The van der Waals surface area contributed by atoms with Gasteiger partial charge in [-0.25, -0.2) is 0 Å². The minimum Gasteiger partial charge on any atom is -0.481 e. The van der Waals surface area contributed by atoms with Crippen LogP contribution in [0.5, 0.6) is 5.75 Å². The number of hydrogen-bond donors (Lipinski definition) is 1. The van der Waals surface area contributed by atoms with Crippen molar-refractivity contribution in [1.82, 2.24) is 0 Å². The quantitative estimate of drug-likeness (QED) is 0.640. The van der Waals surface area contributed by atoms with Gasteiger partial charge in [0.1, 0.15) is 16.8 Å². The van der Waals surface area contributed by atoms with Crippen LogP contribution in [0.2, 0.25) is 0 Å². The summed E-state index contributed by atoms with van der Waals surface area (Å²) in [6, 6.07) is 6.04. The molecule has 1 aromatic carbocycles. The zero-order valence-corrected chi connectivity index (χ0v) is 8.44. The molecule has 68 valence electrons. The molecule has 2 nitrogen and oxygen atoms in total. The summed E-state index contributed by atoms with van der Waals surface area (Å²) in [4.78, 5) is 0.747. The molecule has 0 bridgehead atoms. The fourth-order valence-corrected chi connectivity index (χ4v) is 1.47. The van der Waals surface area contributed by atoms with Crippen molar-refractivity contribution in [2.45, 2.75) is 20.0 Å². The Labute approximate surface area is 82.9 Å². The molecule has 0 saturated carbocycles. The molecule has 0 saturated heterocycles. The van der Waals surface area contributed by atoms with Crippen molar-refractivity contribution < 1.29 is 4.74 Å². The van der Waals surface area contributed by atoms with E-state index >= 15 is 0 Å². The number of benzene rings is 1. The fourth-order valence-electron chi connectivity index (χ4n) is 1.31. The van der Waals surface area contributed by atoms with Gasteiger partial charge in [0.2, 0.25) is 0 Å². The third kappa shape index (κ3) is 1.52. The first-order chi connectivity index (χ1) is 6.16.